The zero-order valence-corrected chi connectivity index (χ0v) is 18.7. The van der Waals surface area contributed by atoms with E-state index in [2.05, 4.69) is 20.5 Å². The van der Waals surface area contributed by atoms with Crippen molar-refractivity contribution in [3.63, 3.8) is 0 Å². The summed E-state index contributed by atoms with van der Waals surface area (Å²) in [6.07, 6.45) is -1.63. The zero-order chi connectivity index (χ0) is 23.9. The molecule has 0 spiro atoms. The van der Waals surface area contributed by atoms with Gasteiger partial charge in [-0.1, -0.05) is 29.8 Å². The van der Waals surface area contributed by atoms with Crippen molar-refractivity contribution in [1.29, 1.82) is 0 Å². The Balaban J connectivity index is 1.40. The van der Waals surface area contributed by atoms with Crippen molar-refractivity contribution in [2.75, 3.05) is 5.32 Å². The molecule has 1 amide bonds. The van der Waals surface area contributed by atoms with E-state index in [-0.39, 0.29) is 17.0 Å². The van der Waals surface area contributed by atoms with Gasteiger partial charge in [0.25, 0.3) is 5.91 Å². The molecule has 0 aliphatic carbocycles. The predicted molar refractivity (Wildman–Crippen MR) is 122 cm³/mol. The van der Waals surface area contributed by atoms with E-state index in [0.29, 0.717) is 26.6 Å². The summed E-state index contributed by atoms with van der Waals surface area (Å²) >= 11 is 7.16. The van der Waals surface area contributed by atoms with Gasteiger partial charge in [-0.05, 0) is 35.2 Å². The van der Waals surface area contributed by atoms with Gasteiger partial charge in [0.2, 0.25) is 0 Å². The topological polar surface area (TPSA) is 77.1 Å². The largest absolute Gasteiger partial charge is 0.433 e. The molecule has 1 N–H and O–H groups in total. The summed E-state index contributed by atoms with van der Waals surface area (Å²) in [5.74, 6) is -0.678. The van der Waals surface area contributed by atoms with Crippen LogP contribution in [0.3, 0.4) is 0 Å². The normalized spacial score (nSPS) is 11.8. The lowest BCUT2D eigenvalue weighted by molar-refractivity contribution is -0.142. The van der Waals surface area contributed by atoms with Gasteiger partial charge in [0.1, 0.15) is 0 Å². The van der Waals surface area contributed by atoms with E-state index in [4.69, 9.17) is 11.6 Å². The van der Waals surface area contributed by atoms with Crippen molar-refractivity contribution in [1.82, 2.24) is 24.4 Å². The van der Waals surface area contributed by atoms with Crippen LogP contribution in [0.15, 0.2) is 66.3 Å². The van der Waals surface area contributed by atoms with E-state index < -0.39 is 17.8 Å². The van der Waals surface area contributed by atoms with Gasteiger partial charge in [-0.3, -0.25) is 9.48 Å². The van der Waals surface area contributed by atoms with Crippen LogP contribution < -0.4 is 5.32 Å². The molecule has 0 aliphatic heterocycles. The number of carbonyl (C=O) groups is 1. The first-order valence-electron chi connectivity index (χ1n) is 9.86. The first-order chi connectivity index (χ1) is 16.3. The highest BCUT2D eigenvalue weighted by atomic mass is 35.5. The Bertz CT molecular complexity index is 1480. The van der Waals surface area contributed by atoms with Crippen LogP contribution in [0.1, 0.15) is 21.7 Å². The molecule has 172 valence electrons. The second-order valence-corrected chi connectivity index (χ2v) is 8.69. The van der Waals surface area contributed by atoms with Crippen molar-refractivity contribution >= 4 is 40.2 Å². The molecule has 5 aromatic rings. The molecule has 5 rings (SSSR count). The van der Waals surface area contributed by atoms with E-state index in [0.717, 1.165) is 11.6 Å². The monoisotopic (exact) mass is 502 g/mol. The van der Waals surface area contributed by atoms with Crippen LogP contribution >= 0.6 is 22.9 Å². The number of nitrogens with one attached hydrogen (secondary N) is 1. The molecule has 0 saturated heterocycles. The van der Waals surface area contributed by atoms with Crippen LogP contribution in [0.25, 0.3) is 16.2 Å². The number of anilines is 1. The molecule has 4 heterocycles. The molecule has 0 saturated carbocycles. The van der Waals surface area contributed by atoms with Crippen LogP contribution in [0.4, 0.5) is 18.9 Å². The lowest BCUT2D eigenvalue weighted by atomic mass is 10.2. The molecule has 7 nitrogen and oxygen atoms in total. The number of nitrogens with zero attached hydrogens (tertiary/aromatic N) is 5. The lowest BCUT2D eigenvalue weighted by Gasteiger charge is -2.10. The van der Waals surface area contributed by atoms with Crippen molar-refractivity contribution in [3.05, 3.63) is 88.3 Å². The van der Waals surface area contributed by atoms with E-state index in [1.807, 2.05) is 12.1 Å². The number of fused-ring (bicyclic) bond motifs is 1. The molecular weight excluding hydrogens is 489 g/mol. The fourth-order valence-electron chi connectivity index (χ4n) is 3.32. The number of thiophene rings is 1. The number of hydrogen-bond acceptors (Lipinski definition) is 5. The third-order valence-corrected chi connectivity index (χ3v) is 6.02. The van der Waals surface area contributed by atoms with Crippen molar-refractivity contribution < 1.29 is 18.0 Å². The number of amides is 1. The standard InChI is InChI=1S/C22H14ClF3N6OS/c23-14-5-3-13(4-6-14)11-31-12-15(10-27-31)28-21(33)17-9-20-29-16(18-2-1-7-34-18)8-19(22(24,25)26)32(20)30-17/h1-10,12H,11H2,(H,28,33). The van der Waals surface area contributed by atoms with Gasteiger partial charge in [-0.2, -0.15) is 23.4 Å². The maximum atomic E-state index is 13.7. The average molecular weight is 503 g/mol. The maximum Gasteiger partial charge on any atom is 0.433 e. The predicted octanol–water partition coefficient (Wildman–Crippen LogP) is 5.63. The average Bonchev–Trinajstić information content (AvgIpc) is 3.54. The van der Waals surface area contributed by atoms with E-state index in [1.54, 1.807) is 40.5 Å². The van der Waals surface area contributed by atoms with E-state index in [9.17, 15) is 18.0 Å². The van der Waals surface area contributed by atoms with Gasteiger partial charge >= 0.3 is 6.18 Å². The SMILES string of the molecule is O=C(Nc1cnn(Cc2ccc(Cl)cc2)c1)c1cc2nc(-c3cccs3)cc(C(F)(F)F)n2n1. The molecule has 0 radical (unpaired) electrons. The molecule has 4 aromatic heterocycles. The molecular formula is C22H14ClF3N6OS. The van der Waals surface area contributed by atoms with E-state index >= 15 is 0 Å². The first-order valence-corrected chi connectivity index (χ1v) is 11.1. The van der Waals surface area contributed by atoms with Crippen LogP contribution in [-0.4, -0.2) is 30.3 Å². The molecule has 0 unspecified atom stereocenters. The second-order valence-electron chi connectivity index (χ2n) is 7.31. The third kappa shape index (κ3) is 4.52. The van der Waals surface area contributed by atoms with Gasteiger partial charge in [-0.25, -0.2) is 9.50 Å². The lowest BCUT2D eigenvalue weighted by Crippen LogP contribution is -2.15. The Morgan fingerprint density at radius 1 is 1.15 bits per heavy atom. The minimum atomic E-state index is -4.68. The number of carbonyl (C=O) groups excluding carboxylic acids is 1. The summed E-state index contributed by atoms with van der Waals surface area (Å²) in [5.41, 5.74) is 0.187. The first kappa shape index (κ1) is 22.1. The van der Waals surface area contributed by atoms with Gasteiger partial charge < -0.3 is 5.32 Å². The van der Waals surface area contributed by atoms with Crippen LogP contribution in [-0.2, 0) is 12.7 Å². The van der Waals surface area contributed by atoms with Gasteiger partial charge in [-0.15, -0.1) is 11.3 Å². The van der Waals surface area contributed by atoms with Gasteiger partial charge in [0, 0.05) is 17.3 Å². The fraction of sp³-hybridized carbons (Fsp3) is 0.0909. The summed E-state index contributed by atoms with van der Waals surface area (Å²) < 4.78 is 43.3. The van der Waals surface area contributed by atoms with Gasteiger partial charge in [0.15, 0.2) is 17.0 Å². The number of benzene rings is 1. The second kappa shape index (κ2) is 8.58. The minimum Gasteiger partial charge on any atom is -0.318 e. The Labute approximate surface area is 199 Å². The van der Waals surface area contributed by atoms with Crippen LogP contribution in [0, 0.1) is 0 Å². The quantitative estimate of drug-likeness (QED) is 0.338. The Morgan fingerprint density at radius 3 is 2.65 bits per heavy atom. The number of rotatable bonds is 5. The molecule has 0 atom stereocenters. The van der Waals surface area contributed by atoms with Crippen molar-refractivity contribution in [2.24, 2.45) is 0 Å². The number of alkyl halides is 3. The van der Waals surface area contributed by atoms with Crippen molar-refractivity contribution in [3.8, 4) is 10.6 Å². The Morgan fingerprint density at radius 2 is 1.94 bits per heavy atom. The van der Waals surface area contributed by atoms with Gasteiger partial charge in [0.05, 0.1) is 29.0 Å². The smallest absolute Gasteiger partial charge is 0.318 e. The zero-order valence-electron chi connectivity index (χ0n) is 17.1. The highest BCUT2D eigenvalue weighted by Gasteiger charge is 2.35. The fourth-order valence-corrected chi connectivity index (χ4v) is 4.14. The highest BCUT2D eigenvalue weighted by Crippen LogP contribution is 2.33. The molecule has 12 heteroatoms. The van der Waals surface area contributed by atoms with Crippen molar-refractivity contribution in [2.45, 2.75) is 12.7 Å². The highest BCUT2D eigenvalue weighted by molar-refractivity contribution is 7.13. The summed E-state index contributed by atoms with van der Waals surface area (Å²) in [4.78, 5) is 17.6. The summed E-state index contributed by atoms with van der Waals surface area (Å²) in [5, 5.41) is 13.0. The third-order valence-electron chi connectivity index (χ3n) is 4.87. The van der Waals surface area contributed by atoms with E-state index in [1.165, 1.54) is 23.6 Å². The molecule has 0 bridgehead atoms. The number of hydrogen-bond donors (Lipinski definition) is 1. The molecule has 0 fully saturated rings. The maximum absolute atomic E-state index is 13.7. The summed E-state index contributed by atoms with van der Waals surface area (Å²) in [6.45, 7) is 0.450. The number of halogens is 4. The molecule has 0 aliphatic rings. The summed E-state index contributed by atoms with van der Waals surface area (Å²) in [7, 11) is 0. The molecule has 1 aromatic carbocycles. The Kier molecular flexibility index (Phi) is 5.58. The van der Waals surface area contributed by atoms with Crippen LogP contribution in [0.2, 0.25) is 5.02 Å². The molecule has 34 heavy (non-hydrogen) atoms. The minimum absolute atomic E-state index is 0.0817. The van der Waals surface area contributed by atoms with Crippen LogP contribution in [0.5, 0.6) is 0 Å². The number of aromatic nitrogens is 5. The Hall–Kier alpha value is -3.70. The summed E-state index contributed by atoms with van der Waals surface area (Å²) in [6, 6.07) is 12.8.